The van der Waals surface area contributed by atoms with E-state index in [1.165, 1.54) is 5.56 Å². The van der Waals surface area contributed by atoms with Gasteiger partial charge in [0.25, 0.3) is 0 Å². The Morgan fingerprint density at radius 2 is 1.76 bits per heavy atom. The van der Waals surface area contributed by atoms with Crippen molar-refractivity contribution in [2.75, 3.05) is 20.8 Å². The maximum absolute atomic E-state index is 10.4. The molecule has 0 saturated carbocycles. The summed E-state index contributed by atoms with van der Waals surface area (Å²) in [6.07, 6.45) is 4.38. The molecule has 29 heavy (non-hydrogen) atoms. The molecule has 1 aliphatic heterocycles. The highest BCUT2D eigenvalue weighted by Gasteiger charge is 2.28. The second-order valence-corrected chi connectivity index (χ2v) is 7.69. The van der Waals surface area contributed by atoms with Crippen LogP contribution in [0.1, 0.15) is 49.3 Å². The maximum atomic E-state index is 10.4. The fourth-order valence-corrected chi connectivity index (χ4v) is 3.98. The number of hydrogen-bond donors (Lipinski definition) is 2. The fourth-order valence-electron chi connectivity index (χ4n) is 3.98. The van der Waals surface area contributed by atoms with Gasteiger partial charge in [0, 0.05) is 18.7 Å². The van der Waals surface area contributed by atoms with Crippen LogP contribution in [0.4, 0.5) is 0 Å². The number of hydrogen-bond acceptors (Lipinski definition) is 5. The van der Waals surface area contributed by atoms with Crippen molar-refractivity contribution in [3.8, 4) is 11.5 Å². The number of benzene rings is 2. The summed E-state index contributed by atoms with van der Waals surface area (Å²) in [5.74, 6) is 1.44. The summed E-state index contributed by atoms with van der Waals surface area (Å²) >= 11 is 0. The largest absolute Gasteiger partial charge is 0.493 e. The number of unbranched alkanes of at least 4 members (excludes halogenated alkanes) is 1. The minimum Gasteiger partial charge on any atom is -0.493 e. The highest BCUT2D eigenvalue weighted by molar-refractivity contribution is 5.44. The van der Waals surface area contributed by atoms with Crippen molar-refractivity contribution in [2.45, 2.75) is 56.9 Å². The average molecular weight is 400 g/mol. The van der Waals surface area contributed by atoms with E-state index >= 15 is 0 Å². The van der Waals surface area contributed by atoms with E-state index in [2.05, 4.69) is 17.4 Å². The Morgan fingerprint density at radius 3 is 2.52 bits per heavy atom. The van der Waals surface area contributed by atoms with Gasteiger partial charge in [0.1, 0.15) is 0 Å². The van der Waals surface area contributed by atoms with Crippen LogP contribution >= 0.6 is 0 Å². The maximum Gasteiger partial charge on any atom is 0.161 e. The molecule has 2 aromatic rings. The Bertz CT molecular complexity index is 737. The van der Waals surface area contributed by atoms with Crippen LogP contribution in [0.3, 0.4) is 0 Å². The normalized spacial score (nSPS) is 21.7. The van der Waals surface area contributed by atoms with Crippen molar-refractivity contribution in [3.05, 3.63) is 59.7 Å². The summed E-state index contributed by atoms with van der Waals surface area (Å²) in [6, 6.07) is 16.7. The third-order valence-corrected chi connectivity index (χ3v) is 5.51. The summed E-state index contributed by atoms with van der Waals surface area (Å²) in [4.78, 5) is 0. The number of ether oxygens (including phenoxy) is 3. The highest BCUT2D eigenvalue weighted by Crippen LogP contribution is 2.34. The van der Waals surface area contributed by atoms with E-state index in [9.17, 15) is 5.11 Å². The van der Waals surface area contributed by atoms with Gasteiger partial charge in [-0.2, -0.15) is 0 Å². The van der Waals surface area contributed by atoms with Gasteiger partial charge in [0.15, 0.2) is 11.5 Å². The average Bonchev–Trinajstić information content (AvgIpc) is 2.76. The van der Waals surface area contributed by atoms with Gasteiger partial charge in [-0.05, 0) is 55.4 Å². The second kappa shape index (κ2) is 11.2. The first-order chi connectivity index (χ1) is 14.2. The third kappa shape index (κ3) is 6.46. The summed E-state index contributed by atoms with van der Waals surface area (Å²) < 4.78 is 16.5. The van der Waals surface area contributed by atoms with Crippen LogP contribution in [0.15, 0.2) is 48.5 Å². The van der Waals surface area contributed by atoms with Crippen molar-refractivity contribution in [1.29, 1.82) is 0 Å². The summed E-state index contributed by atoms with van der Waals surface area (Å²) in [6.45, 7) is 1.44. The number of methoxy groups -OCH3 is 2. The lowest BCUT2D eigenvalue weighted by Crippen LogP contribution is -2.42. The molecular weight excluding hydrogens is 366 g/mol. The molecule has 0 aromatic heterocycles. The second-order valence-electron chi connectivity index (χ2n) is 7.69. The molecule has 1 heterocycles. The number of piperidine rings is 1. The van der Waals surface area contributed by atoms with Gasteiger partial charge in [-0.15, -0.1) is 0 Å². The topological polar surface area (TPSA) is 60.0 Å². The van der Waals surface area contributed by atoms with E-state index in [0.29, 0.717) is 19.1 Å². The van der Waals surface area contributed by atoms with Crippen LogP contribution in [0.25, 0.3) is 0 Å². The van der Waals surface area contributed by atoms with Gasteiger partial charge < -0.3 is 24.6 Å². The zero-order chi connectivity index (χ0) is 20.5. The molecule has 2 N–H and O–H groups in total. The van der Waals surface area contributed by atoms with Gasteiger partial charge in [0.2, 0.25) is 0 Å². The van der Waals surface area contributed by atoms with Crippen molar-refractivity contribution in [3.63, 3.8) is 0 Å². The van der Waals surface area contributed by atoms with Crippen molar-refractivity contribution in [2.24, 2.45) is 0 Å². The predicted octanol–water partition coefficient (Wildman–Crippen LogP) is 4.24. The minimum atomic E-state index is -0.284. The molecule has 0 amide bonds. The van der Waals surface area contributed by atoms with E-state index < -0.39 is 0 Å². The Morgan fingerprint density at radius 1 is 0.966 bits per heavy atom. The molecule has 5 nitrogen and oxygen atoms in total. The molecule has 2 aromatic carbocycles. The summed E-state index contributed by atoms with van der Waals surface area (Å²) in [5, 5.41) is 14.1. The molecule has 1 fully saturated rings. The first kappa shape index (κ1) is 21.6. The number of aliphatic hydroxyl groups excluding tert-OH is 1. The fraction of sp³-hybridized carbons (Fsp3) is 0.500. The van der Waals surface area contributed by atoms with Gasteiger partial charge >= 0.3 is 0 Å². The standard InChI is InChI=1S/C24H33NO4/c1-27-23-12-11-19(14-24(23)28-2)22-16-21(26)15-20(25-22)10-6-7-13-29-17-18-8-4-3-5-9-18/h3-5,8-9,11-12,14,20-22,25-26H,6-7,10,13,15-17H2,1-2H3/t20-,21-,22-/m0/s1. The molecule has 0 radical (unpaired) electrons. The Hall–Kier alpha value is -2.08. The third-order valence-electron chi connectivity index (χ3n) is 5.51. The Balaban J connectivity index is 1.43. The smallest absolute Gasteiger partial charge is 0.161 e. The van der Waals surface area contributed by atoms with Crippen molar-refractivity contribution < 1.29 is 19.3 Å². The van der Waals surface area contributed by atoms with Crippen LogP contribution in [0.5, 0.6) is 11.5 Å². The summed E-state index contributed by atoms with van der Waals surface area (Å²) in [5.41, 5.74) is 2.33. The molecule has 1 aliphatic rings. The van der Waals surface area contributed by atoms with E-state index in [0.717, 1.165) is 49.4 Å². The van der Waals surface area contributed by atoms with E-state index in [4.69, 9.17) is 14.2 Å². The van der Waals surface area contributed by atoms with Crippen LogP contribution < -0.4 is 14.8 Å². The lowest BCUT2D eigenvalue weighted by Gasteiger charge is -2.34. The van der Waals surface area contributed by atoms with Gasteiger partial charge in [-0.25, -0.2) is 0 Å². The molecule has 0 aliphatic carbocycles. The lowest BCUT2D eigenvalue weighted by molar-refractivity contribution is 0.0871. The molecule has 3 atom stereocenters. The quantitative estimate of drug-likeness (QED) is 0.585. The van der Waals surface area contributed by atoms with Crippen molar-refractivity contribution in [1.82, 2.24) is 5.32 Å². The highest BCUT2D eigenvalue weighted by atomic mass is 16.5. The first-order valence-electron chi connectivity index (χ1n) is 10.5. The Kier molecular flexibility index (Phi) is 8.35. The Labute approximate surface area is 174 Å². The molecule has 158 valence electrons. The molecular formula is C24H33NO4. The molecule has 3 rings (SSSR count). The zero-order valence-corrected chi connectivity index (χ0v) is 17.5. The predicted molar refractivity (Wildman–Crippen MR) is 114 cm³/mol. The van der Waals surface area contributed by atoms with E-state index in [-0.39, 0.29) is 12.1 Å². The van der Waals surface area contributed by atoms with Gasteiger partial charge in [-0.1, -0.05) is 36.4 Å². The number of nitrogens with one attached hydrogen (secondary N) is 1. The van der Waals surface area contributed by atoms with Crippen LogP contribution in [0, 0.1) is 0 Å². The number of aliphatic hydroxyl groups is 1. The minimum absolute atomic E-state index is 0.123. The number of rotatable bonds is 10. The van der Waals surface area contributed by atoms with Crippen LogP contribution in [-0.2, 0) is 11.3 Å². The monoisotopic (exact) mass is 399 g/mol. The lowest BCUT2D eigenvalue weighted by atomic mass is 9.89. The van der Waals surface area contributed by atoms with E-state index in [1.807, 2.05) is 36.4 Å². The molecule has 0 spiro atoms. The van der Waals surface area contributed by atoms with Crippen LogP contribution in [0.2, 0.25) is 0 Å². The van der Waals surface area contributed by atoms with Gasteiger partial charge in [-0.3, -0.25) is 0 Å². The first-order valence-corrected chi connectivity index (χ1v) is 10.5. The van der Waals surface area contributed by atoms with Gasteiger partial charge in [0.05, 0.1) is 26.9 Å². The van der Waals surface area contributed by atoms with Crippen molar-refractivity contribution >= 4 is 0 Å². The molecule has 0 unspecified atom stereocenters. The molecule has 0 bridgehead atoms. The molecule has 1 saturated heterocycles. The molecule has 5 heteroatoms. The SMILES string of the molecule is COc1ccc([C@@H]2C[C@@H](O)C[C@H](CCCCOCc3ccccc3)N2)cc1OC. The summed E-state index contributed by atoms with van der Waals surface area (Å²) in [7, 11) is 3.28. The zero-order valence-electron chi connectivity index (χ0n) is 17.5. The van der Waals surface area contributed by atoms with E-state index in [1.54, 1.807) is 14.2 Å². The van der Waals surface area contributed by atoms with Crippen LogP contribution in [-0.4, -0.2) is 38.1 Å².